The zero-order valence-electron chi connectivity index (χ0n) is 11.1. The SMILES string of the molecule is CC1COc2ccccc2C1Nc1c(F)cccc1F. The molecule has 1 aliphatic rings. The van der Waals surface area contributed by atoms with Gasteiger partial charge in [-0.25, -0.2) is 8.78 Å². The first-order valence-electron chi connectivity index (χ1n) is 6.59. The lowest BCUT2D eigenvalue weighted by atomic mass is 9.92. The molecule has 0 fully saturated rings. The van der Waals surface area contributed by atoms with Crippen molar-refractivity contribution in [3.63, 3.8) is 0 Å². The largest absolute Gasteiger partial charge is 0.493 e. The number of para-hydroxylation sites is 2. The van der Waals surface area contributed by atoms with Crippen molar-refractivity contribution in [2.75, 3.05) is 11.9 Å². The summed E-state index contributed by atoms with van der Waals surface area (Å²) >= 11 is 0. The minimum absolute atomic E-state index is 0.0824. The standard InChI is InChI=1S/C16H15F2NO/c1-10-9-20-14-8-3-2-5-11(14)15(10)19-16-12(17)6-4-7-13(16)18/h2-8,10,15,19H,9H2,1H3. The molecule has 0 saturated carbocycles. The van der Waals surface area contributed by atoms with Gasteiger partial charge in [-0.2, -0.15) is 0 Å². The number of anilines is 1. The fourth-order valence-corrected chi connectivity index (χ4v) is 2.50. The lowest BCUT2D eigenvalue weighted by molar-refractivity contribution is 0.214. The molecule has 0 radical (unpaired) electrons. The van der Waals surface area contributed by atoms with Gasteiger partial charge < -0.3 is 10.1 Å². The normalized spacial score (nSPS) is 20.9. The summed E-state index contributed by atoms with van der Waals surface area (Å²) < 4.78 is 33.2. The van der Waals surface area contributed by atoms with Crippen LogP contribution in [-0.4, -0.2) is 6.61 Å². The molecule has 0 amide bonds. The maximum Gasteiger partial charge on any atom is 0.149 e. The highest BCUT2D eigenvalue weighted by Crippen LogP contribution is 2.38. The lowest BCUT2D eigenvalue weighted by Crippen LogP contribution is -2.29. The van der Waals surface area contributed by atoms with Crippen LogP contribution in [0.25, 0.3) is 0 Å². The Balaban J connectivity index is 1.98. The Labute approximate surface area is 116 Å². The molecular weight excluding hydrogens is 260 g/mol. The van der Waals surface area contributed by atoms with Crippen LogP contribution in [0.15, 0.2) is 42.5 Å². The van der Waals surface area contributed by atoms with Crippen molar-refractivity contribution in [1.29, 1.82) is 0 Å². The second-order valence-electron chi connectivity index (χ2n) is 5.04. The van der Waals surface area contributed by atoms with Gasteiger partial charge in [-0.15, -0.1) is 0 Å². The van der Waals surface area contributed by atoms with E-state index >= 15 is 0 Å². The van der Waals surface area contributed by atoms with E-state index in [1.54, 1.807) is 0 Å². The van der Waals surface area contributed by atoms with Gasteiger partial charge in [0, 0.05) is 11.5 Å². The van der Waals surface area contributed by atoms with Crippen LogP contribution >= 0.6 is 0 Å². The topological polar surface area (TPSA) is 21.3 Å². The molecule has 1 heterocycles. The van der Waals surface area contributed by atoms with Gasteiger partial charge in [0.1, 0.15) is 23.1 Å². The highest BCUT2D eigenvalue weighted by atomic mass is 19.1. The molecular formula is C16H15F2NO. The molecule has 0 aromatic heterocycles. The summed E-state index contributed by atoms with van der Waals surface area (Å²) in [5.74, 6) is -0.286. The summed E-state index contributed by atoms with van der Waals surface area (Å²) in [5, 5.41) is 2.99. The molecule has 0 saturated heterocycles. The van der Waals surface area contributed by atoms with Gasteiger partial charge in [-0.1, -0.05) is 31.2 Å². The third kappa shape index (κ3) is 2.22. The van der Waals surface area contributed by atoms with E-state index < -0.39 is 11.6 Å². The van der Waals surface area contributed by atoms with E-state index in [1.165, 1.54) is 18.2 Å². The molecule has 2 nitrogen and oxygen atoms in total. The monoisotopic (exact) mass is 275 g/mol. The second-order valence-corrected chi connectivity index (χ2v) is 5.04. The third-order valence-electron chi connectivity index (χ3n) is 3.59. The first-order chi connectivity index (χ1) is 9.66. The molecule has 0 aliphatic carbocycles. The van der Waals surface area contributed by atoms with Gasteiger partial charge >= 0.3 is 0 Å². The fraction of sp³-hybridized carbons (Fsp3) is 0.250. The average molecular weight is 275 g/mol. The Bertz CT molecular complexity index is 609. The maximum atomic E-state index is 13.8. The van der Waals surface area contributed by atoms with E-state index in [9.17, 15) is 8.78 Å². The molecule has 2 atom stereocenters. The fourth-order valence-electron chi connectivity index (χ4n) is 2.50. The van der Waals surface area contributed by atoms with Crippen LogP contribution in [0.1, 0.15) is 18.5 Å². The molecule has 20 heavy (non-hydrogen) atoms. The zero-order valence-corrected chi connectivity index (χ0v) is 11.1. The summed E-state index contributed by atoms with van der Waals surface area (Å²) in [6, 6.07) is 11.3. The Morgan fingerprint density at radius 2 is 1.75 bits per heavy atom. The van der Waals surface area contributed by atoms with E-state index in [2.05, 4.69) is 5.32 Å². The maximum absolute atomic E-state index is 13.8. The molecule has 2 aromatic carbocycles. The lowest BCUT2D eigenvalue weighted by Gasteiger charge is -2.32. The van der Waals surface area contributed by atoms with Gasteiger partial charge in [0.25, 0.3) is 0 Å². The minimum atomic E-state index is -0.582. The van der Waals surface area contributed by atoms with E-state index in [0.717, 1.165) is 11.3 Å². The highest BCUT2D eigenvalue weighted by molar-refractivity contribution is 5.51. The average Bonchev–Trinajstić information content (AvgIpc) is 2.45. The van der Waals surface area contributed by atoms with Crippen molar-refractivity contribution in [3.8, 4) is 5.75 Å². The number of halogens is 2. The molecule has 4 heteroatoms. The van der Waals surface area contributed by atoms with E-state index in [4.69, 9.17) is 4.74 Å². The van der Waals surface area contributed by atoms with Crippen molar-refractivity contribution in [3.05, 3.63) is 59.7 Å². The third-order valence-corrected chi connectivity index (χ3v) is 3.59. The summed E-state index contributed by atoms with van der Waals surface area (Å²) in [4.78, 5) is 0. The van der Waals surface area contributed by atoms with Crippen molar-refractivity contribution in [2.24, 2.45) is 5.92 Å². The number of hydrogen-bond donors (Lipinski definition) is 1. The molecule has 2 aromatic rings. The van der Waals surface area contributed by atoms with Crippen LogP contribution in [-0.2, 0) is 0 Å². The molecule has 104 valence electrons. The van der Waals surface area contributed by atoms with Gasteiger partial charge in [0.05, 0.1) is 12.6 Å². The van der Waals surface area contributed by atoms with Crippen LogP contribution in [0.2, 0.25) is 0 Å². The number of nitrogens with one attached hydrogen (secondary N) is 1. The number of ether oxygens (including phenoxy) is 1. The van der Waals surface area contributed by atoms with Gasteiger partial charge in [0.15, 0.2) is 0 Å². The van der Waals surface area contributed by atoms with E-state index in [1.807, 2.05) is 31.2 Å². The summed E-state index contributed by atoms with van der Waals surface area (Å²) in [5.41, 5.74) is 0.843. The summed E-state index contributed by atoms with van der Waals surface area (Å²) in [6.07, 6.45) is 0. The van der Waals surface area contributed by atoms with Crippen LogP contribution in [0.4, 0.5) is 14.5 Å². The molecule has 3 rings (SSSR count). The molecule has 0 spiro atoms. The Morgan fingerprint density at radius 1 is 1.05 bits per heavy atom. The Hall–Kier alpha value is -2.10. The molecule has 0 bridgehead atoms. The van der Waals surface area contributed by atoms with Crippen LogP contribution in [0, 0.1) is 17.6 Å². The van der Waals surface area contributed by atoms with Gasteiger partial charge in [-0.3, -0.25) is 0 Å². The molecule has 1 aliphatic heterocycles. The van der Waals surface area contributed by atoms with E-state index in [-0.39, 0.29) is 17.6 Å². The van der Waals surface area contributed by atoms with Gasteiger partial charge in [-0.05, 0) is 18.2 Å². The molecule has 1 N–H and O–H groups in total. The van der Waals surface area contributed by atoms with Crippen molar-refractivity contribution in [1.82, 2.24) is 0 Å². The minimum Gasteiger partial charge on any atom is -0.493 e. The second kappa shape index (κ2) is 5.12. The predicted octanol–water partition coefficient (Wildman–Crippen LogP) is 4.15. The van der Waals surface area contributed by atoms with Crippen molar-refractivity contribution in [2.45, 2.75) is 13.0 Å². The Morgan fingerprint density at radius 3 is 2.50 bits per heavy atom. The predicted molar refractivity (Wildman–Crippen MR) is 73.8 cm³/mol. The van der Waals surface area contributed by atoms with Crippen LogP contribution in [0.3, 0.4) is 0 Å². The number of rotatable bonds is 2. The quantitative estimate of drug-likeness (QED) is 0.889. The highest BCUT2D eigenvalue weighted by Gasteiger charge is 2.28. The smallest absolute Gasteiger partial charge is 0.149 e. The van der Waals surface area contributed by atoms with Crippen LogP contribution < -0.4 is 10.1 Å². The van der Waals surface area contributed by atoms with Crippen molar-refractivity contribution < 1.29 is 13.5 Å². The number of fused-ring (bicyclic) bond motifs is 1. The molecule has 2 unspecified atom stereocenters. The number of benzene rings is 2. The van der Waals surface area contributed by atoms with E-state index in [0.29, 0.717) is 6.61 Å². The Kier molecular flexibility index (Phi) is 3.30. The number of hydrogen-bond acceptors (Lipinski definition) is 2. The summed E-state index contributed by atoms with van der Waals surface area (Å²) in [7, 11) is 0. The van der Waals surface area contributed by atoms with Gasteiger partial charge in [0.2, 0.25) is 0 Å². The first kappa shape index (κ1) is 12.9. The van der Waals surface area contributed by atoms with Crippen molar-refractivity contribution >= 4 is 5.69 Å². The summed E-state index contributed by atoms with van der Waals surface area (Å²) in [6.45, 7) is 2.51. The zero-order chi connectivity index (χ0) is 14.1. The first-order valence-corrected chi connectivity index (χ1v) is 6.59. The van der Waals surface area contributed by atoms with Crippen LogP contribution in [0.5, 0.6) is 5.75 Å².